The molecule has 0 saturated heterocycles. The van der Waals surface area contributed by atoms with Crippen molar-refractivity contribution in [1.82, 2.24) is 15.2 Å². The Morgan fingerprint density at radius 2 is 1.79 bits per heavy atom. The van der Waals surface area contributed by atoms with Gasteiger partial charge in [0.2, 0.25) is 0 Å². The summed E-state index contributed by atoms with van der Waals surface area (Å²) in [5, 5.41) is 8.22. The number of nitrogen functional groups attached to an aromatic ring is 1. The van der Waals surface area contributed by atoms with Gasteiger partial charge in [-0.15, -0.1) is 10.2 Å². The molecule has 0 bridgehead atoms. The van der Waals surface area contributed by atoms with E-state index in [2.05, 4.69) is 15.2 Å². The summed E-state index contributed by atoms with van der Waals surface area (Å²) in [6.45, 7) is 0. The average molecular weight is 207 g/mol. The van der Waals surface area contributed by atoms with Crippen molar-refractivity contribution in [2.45, 2.75) is 0 Å². The van der Waals surface area contributed by atoms with Crippen LogP contribution in [0.1, 0.15) is 0 Å². The van der Waals surface area contributed by atoms with Crippen molar-refractivity contribution < 1.29 is 0 Å². The van der Waals surface area contributed by atoms with Crippen LogP contribution in [0.15, 0.2) is 30.5 Å². The van der Waals surface area contributed by atoms with Crippen molar-refractivity contribution in [3.8, 4) is 11.4 Å². The van der Waals surface area contributed by atoms with Crippen LogP contribution < -0.4 is 5.73 Å². The summed E-state index contributed by atoms with van der Waals surface area (Å²) in [6.07, 6.45) is 1.56. The number of nitrogens with two attached hydrogens (primary N) is 1. The van der Waals surface area contributed by atoms with Gasteiger partial charge < -0.3 is 5.73 Å². The molecule has 2 N–H and O–H groups in total. The molecule has 70 valence electrons. The van der Waals surface area contributed by atoms with Crippen LogP contribution in [0.3, 0.4) is 0 Å². The van der Waals surface area contributed by atoms with Crippen molar-refractivity contribution in [3.63, 3.8) is 0 Å². The number of aromatic nitrogens is 3. The van der Waals surface area contributed by atoms with E-state index in [9.17, 15) is 0 Å². The Balaban J connectivity index is 2.40. The van der Waals surface area contributed by atoms with Gasteiger partial charge in [0.25, 0.3) is 0 Å². The number of hydrogen-bond donors (Lipinski definition) is 1. The van der Waals surface area contributed by atoms with Gasteiger partial charge in [-0.05, 0) is 24.3 Å². The van der Waals surface area contributed by atoms with E-state index in [1.54, 1.807) is 30.5 Å². The molecule has 0 atom stereocenters. The van der Waals surface area contributed by atoms with Gasteiger partial charge >= 0.3 is 0 Å². The maximum absolute atomic E-state index is 5.71. The molecule has 0 aliphatic rings. The quantitative estimate of drug-likeness (QED) is 0.773. The Kier molecular flexibility index (Phi) is 2.28. The van der Waals surface area contributed by atoms with Crippen LogP contribution in [-0.2, 0) is 0 Å². The number of hydrogen-bond acceptors (Lipinski definition) is 4. The Morgan fingerprint density at radius 1 is 1.00 bits per heavy atom. The first-order valence-corrected chi connectivity index (χ1v) is 4.34. The number of halogens is 1. The monoisotopic (exact) mass is 206 g/mol. The summed E-state index contributed by atoms with van der Waals surface area (Å²) in [5.41, 5.74) is 6.81. The molecular weight excluding hydrogens is 200 g/mol. The Labute approximate surface area is 85.8 Å². The molecule has 5 heteroatoms. The summed E-state index contributed by atoms with van der Waals surface area (Å²) in [7, 11) is 0. The standard InChI is InChI=1S/C9H7ClN4/c10-6-1-2-7(12-5-6)8-3-4-9(11)14-13-8/h1-5H,(H2,11,14). The molecular formula is C9H7ClN4. The molecule has 0 fully saturated rings. The zero-order chi connectivity index (χ0) is 9.97. The normalized spacial score (nSPS) is 10.1. The zero-order valence-electron chi connectivity index (χ0n) is 7.18. The van der Waals surface area contributed by atoms with E-state index in [1.807, 2.05) is 0 Å². The first-order chi connectivity index (χ1) is 6.75. The third-order valence-corrected chi connectivity index (χ3v) is 1.90. The Bertz CT molecular complexity index is 380. The first kappa shape index (κ1) is 8.90. The van der Waals surface area contributed by atoms with Crippen molar-refractivity contribution in [3.05, 3.63) is 35.5 Å². The first-order valence-electron chi connectivity index (χ1n) is 3.97. The molecule has 0 spiro atoms. The maximum atomic E-state index is 5.71. The molecule has 0 saturated carbocycles. The van der Waals surface area contributed by atoms with Crippen LogP contribution in [0.2, 0.25) is 5.02 Å². The van der Waals surface area contributed by atoms with Crippen LogP contribution in [0.25, 0.3) is 11.4 Å². The Morgan fingerprint density at radius 3 is 2.36 bits per heavy atom. The highest BCUT2D eigenvalue weighted by molar-refractivity contribution is 6.30. The number of pyridine rings is 1. The summed E-state index contributed by atoms with van der Waals surface area (Å²) >= 11 is 5.71. The maximum Gasteiger partial charge on any atom is 0.146 e. The van der Waals surface area contributed by atoms with Crippen LogP contribution in [-0.4, -0.2) is 15.2 Å². The van der Waals surface area contributed by atoms with Crippen LogP contribution in [0.4, 0.5) is 5.82 Å². The SMILES string of the molecule is Nc1ccc(-c2ccc(Cl)cn2)nn1. The number of nitrogens with zero attached hydrogens (tertiary/aromatic N) is 3. The lowest BCUT2D eigenvalue weighted by Crippen LogP contribution is -1.94. The largest absolute Gasteiger partial charge is 0.382 e. The van der Waals surface area contributed by atoms with Crippen molar-refractivity contribution in [2.24, 2.45) is 0 Å². The summed E-state index contributed by atoms with van der Waals surface area (Å²) in [4.78, 5) is 4.10. The van der Waals surface area contributed by atoms with Crippen molar-refractivity contribution in [1.29, 1.82) is 0 Å². The smallest absolute Gasteiger partial charge is 0.146 e. The molecule has 2 aromatic rings. The van der Waals surface area contributed by atoms with E-state index >= 15 is 0 Å². The molecule has 2 rings (SSSR count). The van der Waals surface area contributed by atoms with E-state index < -0.39 is 0 Å². The van der Waals surface area contributed by atoms with Gasteiger partial charge in [0, 0.05) is 6.20 Å². The lowest BCUT2D eigenvalue weighted by Gasteiger charge is -1.98. The van der Waals surface area contributed by atoms with Crippen LogP contribution in [0.5, 0.6) is 0 Å². The second-order valence-corrected chi connectivity index (χ2v) is 3.14. The highest BCUT2D eigenvalue weighted by Gasteiger charge is 2.00. The van der Waals surface area contributed by atoms with Crippen LogP contribution in [0, 0.1) is 0 Å². The Hall–Kier alpha value is -1.68. The van der Waals surface area contributed by atoms with E-state index in [0.717, 1.165) is 5.69 Å². The molecule has 2 aromatic heterocycles. The third kappa shape index (κ3) is 1.80. The summed E-state index contributed by atoms with van der Waals surface area (Å²) < 4.78 is 0. The molecule has 0 aliphatic carbocycles. The van der Waals surface area contributed by atoms with Gasteiger partial charge in [0.15, 0.2) is 0 Å². The van der Waals surface area contributed by atoms with Gasteiger partial charge in [-0.2, -0.15) is 0 Å². The van der Waals surface area contributed by atoms with E-state index in [-0.39, 0.29) is 0 Å². The van der Waals surface area contributed by atoms with Gasteiger partial charge in [0.1, 0.15) is 11.5 Å². The van der Waals surface area contributed by atoms with Gasteiger partial charge in [-0.3, -0.25) is 4.98 Å². The fourth-order valence-corrected chi connectivity index (χ4v) is 1.12. The third-order valence-electron chi connectivity index (χ3n) is 1.67. The van der Waals surface area contributed by atoms with E-state index in [1.165, 1.54) is 0 Å². The molecule has 0 aliphatic heterocycles. The minimum absolute atomic E-state index is 0.391. The van der Waals surface area contributed by atoms with Gasteiger partial charge in [-0.25, -0.2) is 0 Å². The number of rotatable bonds is 1. The molecule has 0 unspecified atom stereocenters. The van der Waals surface area contributed by atoms with Gasteiger partial charge in [0.05, 0.1) is 10.7 Å². The van der Waals surface area contributed by atoms with E-state index in [0.29, 0.717) is 16.5 Å². The predicted molar refractivity (Wildman–Crippen MR) is 54.7 cm³/mol. The van der Waals surface area contributed by atoms with Crippen molar-refractivity contribution >= 4 is 17.4 Å². The molecule has 2 heterocycles. The predicted octanol–water partition coefficient (Wildman–Crippen LogP) is 1.77. The average Bonchev–Trinajstić information content (AvgIpc) is 2.21. The van der Waals surface area contributed by atoms with Gasteiger partial charge in [-0.1, -0.05) is 11.6 Å². The zero-order valence-corrected chi connectivity index (χ0v) is 7.94. The fraction of sp³-hybridized carbons (Fsp3) is 0. The molecule has 4 nitrogen and oxygen atoms in total. The number of anilines is 1. The topological polar surface area (TPSA) is 64.7 Å². The fourth-order valence-electron chi connectivity index (χ4n) is 1.01. The minimum Gasteiger partial charge on any atom is -0.382 e. The highest BCUT2D eigenvalue weighted by atomic mass is 35.5. The molecule has 0 amide bonds. The molecule has 14 heavy (non-hydrogen) atoms. The molecule has 0 aromatic carbocycles. The summed E-state index contributed by atoms with van der Waals surface area (Å²) in [6, 6.07) is 6.97. The van der Waals surface area contributed by atoms with Crippen molar-refractivity contribution in [2.75, 3.05) is 5.73 Å². The second-order valence-electron chi connectivity index (χ2n) is 2.71. The highest BCUT2D eigenvalue weighted by Crippen LogP contribution is 2.15. The lowest BCUT2D eigenvalue weighted by atomic mass is 10.2. The van der Waals surface area contributed by atoms with E-state index in [4.69, 9.17) is 17.3 Å². The van der Waals surface area contributed by atoms with Crippen LogP contribution >= 0.6 is 11.6 Å². The lowest BCUT2D eigenvalue weighted by molar-refractivity contribution is 1.04. The summed E-state index contributed by atoms with van der Waals surface area (Å²) in [5.74, 6) is 0.391. The molecule has 0 radical (unpaired) electrons. The minimum atomic E-state index is 0.391. The second kappa shape index (κ2) is 3.59.